The third-order valence-corrected chi connectivity index (χ3v) is 4.16. The Hall–Kier alpha value is -1.40. The zero-order valence-corrected chi connectivity index (χ0v) is 11.9. The minimum absolute atomic E-state index is 0.0217. The highest BCUT2D eigenvalue weighted by Gasteiger charge is 2.45. The van der Waals surface area contributed by atoms with Crippen LogP contribution in [0.25, 0.3) is 0 Å². The molecular weight excluding hydrogens is 260 g/mol. The van der Waals surface area contributed by atoms with Crippen molar-refractivity contribution in [3.8, 4) is 0 Å². The lowest BCUT2D eigenvalue weighted by Crippen LogP contribution is -2.46. The van der Waals surface area contributed by atoms with Gasteiger partial charge in [-0.3, -0.25) is 4.79 Å². The number of hydrogen-bond acceptors (Lipinski definition) is 5. The third-order valence-electron chi connectivity index (χ3n) is 4.16. The van der Waals surface area contributed by atoms with Crippen molar-refractivity contribution in [2.75, 3.05) is 19.8 Å². The molecule has 1 saturated carbocycles. The second-order valence-electron chi connectivity index (χ2n) is 5.27. The first-order chi connectivity index (χ1) is 9.72. The molecule has 110 valence electrons. The Labute approximate surface area is 118 Å². The van der Waals surface area contributed by atoms with Crippen LogP contribution < -0.4 is 0 Å². The Morgan fingerprint density at radius 1 is 1.55 bits per heavy atom. The number of carbonyl (C=O) groups excluding carboxylic acids is 1. The maximum Gasteiger partial charge on any atom is 0.259 e. The highest BCUT2D eigenvalue weighted by atomic mass is 16.5. The van der Waals surface area contributed by atoms with E-state index in [1.165, 1.54) is 6.20 Å². The molecule has 3 rings (SSSR count). The van der Waals surface area contributed by atoms with Gasteiger partial charge >= 0.3 is 0 Å². The number of ether oxygens (including phenoxy) is 2. The first-order valence-electron chi connectivity index (χ1n) is 7.17. The lowest BCUT2D eigenvalue weighted by atomic mass is 10.1. The Balaban J connectivity index is 1.85. The molecule has 2 bridgehead atoms. The van der Waals surface area contributed by atoms with Crippen LogP contribution >= 0.6 is 0 Å². The van der Waals surface area contributed by atoms with Gasteiger partial charge in [-0.1, -0.05) is 5.16 Å². The summed E-state index contributed by atoms with van der Waals surface area (Å²) in [5, 5.41) is 3.69. The molecule has 1 aromatic heterocycles. The first kappa shape index (κ1) is 13.6. The van der Waals surface area contributed by atoms with Crippen LogP contribution in [0.4, 0.5) is 0 Å². The number of carbonyl (C=O) groups is 1. The van der Waals surface area contributed by atoms with E-state index in [1.54, 1.807) is 6.92 Å². The van der Waals surface area contributed by atoms with Crippen LogP contribution in [0.1, 0.15) is 35.9 Å². The summed E-state index contributed by atoms with van der Waals surface area (Å²) in [6, 6.07) is 0.0873. The molecule has 1 aliphatic heterocycles. The van der Waals surface area contributed by atoms with Crippen LogP contribution in [0.3, 0.4) is 0 Å². The van der Waals surface area contributed by atoms with E-state index < -0.39 is 0 Å². The first-order valence-corrected chi connectivity index (χ1v) is 7.17. The summed E-state index contributed by atoms with van der Waals surface area (Å²) in [5.41, 5.74) is 0.533. The molecule has 3 atom stereocenters. The van der Waals surface area contributed by atoms with Crippen LogP contribution in [0.2, 0.25) is 0 Å². The fraction of sp³-hybridized carbons (Fsp3) is 0.714. The van der Waals surface area contributed by atoms with E-state index in [9.17, 15) is 4.79 Å². The fourth-order valence-corrected chi connectivity index (χ4v) is 3.21. The van der Waals surface area contributed by atoms with Crippen molar-refractivity contribution >= 4 is 5.91 Å². The van der Waals surface area contributed by atoms with Crippen LogP contribution in [0, 0.1) is 6.92 Å². The molecule has 2 fully saturated rings. The zero-order valence-electron chi connectivity index (χ0n) is 11.9. The van der Waals surface area contributed by atoms with Crippen LogP contribution in [-0.2, 0) is 9.47 Å². The maximum atomic E-state index is 12.7. The maximum absolute atomic E-state index is 12.7. The Morgan fingerprint density at radius 3 is 3.10 bits per heavy atom. The summed E-state index contributed by atoms with van der Waals surface area (Å²) >= 11 is 0. The number of fused-ring (bicyclic) bond motifs is 2. The minimum Gasteiger partial charge on any atom is -0.374 e. The van der Waals surface area contributed by atoms with Crippen molar-refractivity contribution in [2.45, 2.75) is 44.9 Å². The van der Waals surface area contributed by atoms with Crippen molar-refractivity contribution in [2.24, 2.45) is 0 Å². The van der Waals surface area contributed by atoms with Crippen LogP contribution in [-0.4, -0.2) is 54.0 Å². The summed E-state index contributed by atoms with van der Waals surface area (Å²) in [6.07, 6.45) is 3.45. The van der Waals surface area contributed by atoms with Gasteiger partial charge in [-0.2, -0.15) is 0 Å². The number of rotatable bonds is 3. The number of hydrogen-bond donors (Lipinski definition) is 0. The molecule has 1 saturated heterocycles. The normalized spacial score (nSPS) is 29.5. The van der Waals surface area contributed by atoms with E-state index in [1.807, 2.05) is 11.8 Å². The van der Waals surface area contributed by atoms with E-state index >= 15 is 0 Å². The fourth-order valence-electron chi connectivity index (χ4n) is 3.21. The molecular formula is C14H20N2O4. The molecule has 0 radical (unpaired) electrons. The zero-order chi connectivity index (χ0) is 14.1. The van der Waals surface area contributed by atoms with Gasteiger partial charge in [0.15, 0.2) is 0 Å². The highest BCUT2D eigenvalue weighted by Crippen LogP contribution is 2.33. The summed E-state index contributed by atoms with van der Waals surface area (Å²) in [5.74, 6) is 0.521. The molecule has 2 heterocycles. The molecule has 0 unspecified atom stereocenters. The Kier molecular flexibility index (Phi) is 3.76. The minimum atomic E-state index is -0.0374. The average Bonchev–Trinajstić information content (AvgIpc) is 2.95. The molecule has 0 aromatic carbocycles. The van der Waals surface area contributed by atoms with Crippen molar-refractivity contribution < 1.29 is 18.8 Å². The van der Waals surface area contributed by atoms with Crippen LogP contribution in [0.15, 0.2) is 10.7 Å². The quantitative estimate of drug-likeness (QED) is 0.837. The van der Waals surface area contributed by atoms with E-state index in [0.29, 0.717) is 31.1 Å². The van der Waals surface area contributed by atoms with Gasteiger partial charge in [-0.15, -0.1) is 0 Å². The van der Waals surface area contributed by atoms with Crippen molar-refractivity contribution in [3.05, 3.63) is 17.5 Å². The number of aryl methyl sites for hydroxylation is 1. The topological polar surface area (TPSA) is 64.8 Å². The number of amides is 1. The average molecular weight is 280 g/mol. The number of aromatic nitrogens is 1. The van der Waals surface area contributed by atoms with Gasteiger partial charge in [0.2, 0.25) is 0 Å². The SMILES string of the molecule is CCO[C@H]1[C@H]2CC[C@H]1OCCN2C(=O)c1cnoc1C. The number of nitrogens with zero attached hydrogens (tertiary/aromatic N) is 2. The summed E-state index contributed by atoms with van der Waals surface area (Å²) < 4.78 is 16.7. The van der Waals surface area contributed by atoms with E-state index in [-0.39, 0.29) is 24.2 Å². The van der Waals surface area contributed by atoms with Crippen LogP contribution in [0.5, 0.6) is 0 Å². The molecule has 6 heteroatoms. The molecule has 6 nitrogen and oxygen atoms in total. The van der Waals surface area contributed by atoms with E-state index in [0.717, 1.165) is 12.8 Å². The summed E-state index contributed by atoms with van der Waals surface area (Å²) in [4.78, 5) is 14.6. The molecule has 0 spiro atoms. The monoisotopic (exact) mass is 280 g/mol. The van der Waals surface area contributed by atoms with Gasteiger partial charge < -0.3 is 18.9 Å². The molecule has 2 aliphatic rings. The lowest BCUT2D eigenvalue weighted by molar-refractivity contribution is -0.0484. The van der Waals surface area contributed by atoms with Crippen molar-refractivity contribution in [3.63, 3.8) is 0 Å². The predicted octanol–water partition coefficient (Wildman–Crippen LogP) is 1.39. The van der Waals surface area contributed by atoms with Crippen molar-refractivity contribution in [1.29, 1.82) is 0 Å². The van der Waals surface area contributed by atoms with Gasteiger partial charge in [-0.05, 0) is 26.7 Å². The largest absolute Gasteiger partial charge is 0.374 e. The molecule has 20 heavy (non-hydrogen) atoms. The standard InChI is InChI=1S/C14H20N2O4/c1-3-18-13-11-4-5-12(13)19-7-6-16(11)14(17)10-8-15-20-9(10)2/h8,11-13H,3-7H2,1-2H3/t11-,12-,13+/m1/s1. The molecule has 1 aliphatic carbocycles. The third kappa shape index (κ3) is 2.23. The predicted molar refractivity (Wildman–Crippen MR) is 70.5 cm³/mol. The second-order valence-corrected chi connectivity index (χ2v) is 5.27. The molecule has 0 N–H and O–H groups in total. The van der Waals surface area contributed by atoms with Gasteiger partial charge in [-0.25, -0.2) is 0 Å². The second kappa shape index (κ2) is 5.54. The van der Waals surface area contributed by atoms with E-state index in [2.05, 4.69) is 5.16 Å². The summed E-state index contributed by atoms with van der Waals surface area (Å²) in [6.45, 7) is 5.51. The van der Waals surface area contributed by atoms with Gasteiger partial charge in [0.25, 0.3) is 5.91 Å². The summed E-state index contributed by atoms with van der Waals surface area (Å²) in [7, 11) is 0. The van der Waals surface area contributed by atoms with Crippen molar-refractivity contribution in [1.82, 2.24) is 10.1 Å². The smallest absolute Gasteiger partial charge is 0.259 e. The lowest BCUT2D eigenvalue weighted by Gasteiger charge is -2.30. The molecule has 1 amide bonds. The van der Waals surface area contributed by atoms with Gasteiger partial charge in [0.1, 0.15) is 17.4 Å². The van der Waals surface area contributed by atoms with Gasteiger partial charge in [0, 0.05) is 13.2 Å². The Morgan fingerprint density at radius 2 is 2.40 bits per heavy atom. The highest BCUT2D eigenvalue weighted by molar-refractivity contribution is 5.95. The van der Waals surface area contributed by atoms with E-state index in [4.69, 9.17) is 14.0 Å². The molecule has 1 aromatic rings. The van der Waals surface area contributed by atoms with Gasteiger partial charge in [0.05, 0.1) is 24.9 Å². The Bertz CT molecular complexity index is 487.